The number of nitrogens with zero attached hydrogens (tertiary/aromatic N) is 1. The van der Waals surface area contributed by atoms with Gasteiger partial charge in [-0.15, -0.1) is 0 Å². The molecule has 0 saturated carbocycles. The van der Waals surface area contributed by atoms with Crippen LogP contribution in [0.2, 0.25) is 5.02 Å². The van der Waals surface area contributed by atoms with Gasteiger partial charge in [-0.2, -0.15) is 0 Å². The highest BCUT2D eigenvalue weighted by molar-refractivity contribution is 6.30. The van der Waals surface area contributed by atoms with E-state index in [1.165, 1.54) is 11.1 Å². The van der Waals surface area contributed by atoms with E-state index in [0.717, 1.165) is 22.9 Å². The molecule has 0 saturated heterocycles. The van der Waals surface area contributed by atoms with Crippen LogP contribution >= 0.6 is 11.6 Å². The van der Waals surface area contributed by atoms with Gasteiger partial charge in [0.2, 0.25) is 0 Å². The van der Waals surface area contributed by atoms with Crippen LogP contribution in [0.15, 0.2) is 36.7 Å². The van der Waals surface area contributed by atoms with Crippen molar-refractivity contribution in [3.8, 4) is 5.75 Å². The zero-order valence-electron chi connectivity index (χ0n) is 12.7. The van der Waals surface area contributed by atoms with Crippen molar-refractivity contribution in [3.05, 3.63) is 58.4 Å². The van der Waals surface area contributed by atoms with Crippen molar-refractivity contribution in [2.75, 3.05) is 13.2 Å². The summed E-state index contributed by atoms with van der Waals surface area (Å²) in [6.07, 6.45) is 3.61. The van der Waals surface area contributed by atoms with E-state index >= 15 is 0 Å². The summed E-state index contributed by atoms with van der Waals surface area (Å²) in [5.74, 6) is 0.789. The van der Waals surface area contributed by atoms with Crippen molar-refractivity contribution in [1.29, 1.82) is 0 Å². The summed E-state index contributed by atoms with van der Waals surface area (Å²) in [4.78, 5) is 4.29. The first-order valence-electron chi connectivity index (χ1n) is 7.22. The standard InChI is InChI=1S/C17H21ClN2O/c1-4-20-17(16-9-14(18)7-6-12(16)3)13-8-15(21-5-2)11-19-10-13/h6-11,17,20H,4-5H2,1-3H3. The maximum atomic E-state index is 6.16. The van der Waals surface area contributed by atoms with Crippen LogP contribution in [0.5, 0.6) is 5.75 Å². The molecule has 1 unspecified atom stereocenters. The molecule has 1 N–H and O–H groups in total. The smallest absolute Gasteiger partial charge is 0.137 e. The van der Waals surface area contributed by atoms with E-state index in [4.69, 9.17) is 16.3 Å². The molecule has 0 spiro atoms. The third-order valence-electron chi connectivity index (χ3n) is 3.34. The number of ether oxygens (including phenoxy) is 1. The third-order valence-corrected chi connectivity index (χ3v) is 3.57. The molecule has 4 heteroatoms. The molecule has 2 aromatic rings. The average molecular weight is 305 g/mol. The summed E-state index contributed by atoms with van der Waals surface area (Å²) in [6, 6.07) is 8.06. The molecule has 1 aromatic heterocycles. The Morgan fingerprint density at radius 2 is 2.05 bits per heavy atom. The Morgan fingerprint density at radius 1 is 1.24 bits per heavy atom. The highest BCUT2D eigenvalue weighted by Crippen LogP contribution is 2.28. The number of aryl methyl sites for hydroxylation is 1. The molecule has 3 nitrogen and oxygen atoms in total. The molecule has 0 aliphatic carbocycles. The fourth-order valence-electron chi connectivity index (χ4n) is 2.37. The van der Waals surface area contributed by atoms with E-state index in [0.29, 0.717) is 6.61 Å². The molecule has 0 fully saturated rings. The molecule has 0 aliphatic heterocycles. The molecule has 1 atom stereocenters. The normalized spacial score (nSPS) is 12.2. The Morgan fingerprint density at radius 3 is 2.76 bits per heavy atom. The van der Waals surface area contributed by atoms with Gasteiger partial charge >= 0.3 is 0 Å². The Bertz CT molecular complexity index is 601. The summed E-state index contributed by atoms with van der Waals surface area (Å²) in [5, 5.41) is 4.24. The molecule has 21 heavy (non-hydrogen) atoms. The number of pyridine rings is 1. The second-order valence-corrected chi connectivity index (χ2v) is 5.32. The zero-order chi connectivity index (χ0) is 15.2. The summed E-state index contributed by atoms with van der Waals surface area (Å²) < 4.78 is 5.55. The van der Waals surface area contributed by atoms with Crippen LogP contribution in [0.4, 0.5) is 0 Å². The van der Waals surface area contributed by atoms with Crippen LogP contribution in [0.25, 0.3) is 0 Å². The Labute approximate surface area is 131 Å². The Balaban J connectivity index is 2.42. The molecular formula is C17H21ClN2O. The van der Waals surface area contributed by atoms with Crippen LogP contribution in [-0.2, 0) is 0 Å². The van der Waals surface area contributed by atoms with Gasteiger partial charge in [-0.1, -0.05) is 24.6 Å². The van der Waals surface area contributed by atoms with Gasteiger partial charge in [0.05, 0.1) is 18.8 Å². The number of benzene rings is 1. The molecule has 1 heterocycles. The van der Waals surface area contributed by atoms with E-state index in [9.17, 15) is 0 Å². The van der Waals surface area contributed by atoms with Crippen LogP contribution < -0.4 is 10.1 Å². The monoisotopic (exact) mass is 304 g/mol. The van der Waals surface area contributed by atoms with E-state index in [-0.39, 0.29) is 6.04 Å². The highest BCUT2D eigenvalue weighted by atomic mass is 35.5. The molecule has 0 radical (unpaired) electrons. The minimum absolute atomic E-state index is 0.0570. The van der Waals surface area contributed by atoms with Gasteiger partial charge in [0.1, 0.15) is 5.75 Å². The maximum Gasteiger partial charge on any atom is 0.137 e. The fourth-order valence-corrected chi connectivity index (χ4v) is 2.55. The van der Waals surface area contributed by atoms with Gasteiger partial charge in [-0.25, -0.2) is 0 Å². The predicted octanol–water partition coefficient (Wildman–Crippen LogP) is 4.14. The van der Waals surface area contributed by atoms with Gasteiger partial charge in [-0.3, -0.25) is 4.98 Å². The number of rotatable bonds is 6. The third kappa shape index (κ3) is 3.96. The number of nitrogens with one attached hydrogen (secondary N) is 1. The Kier molecular flexibility index (Phi) is 5.59. The largest absolute Gasteiger partial charge is 0.492 e. The van der Waals surface area contributed by atoms with Crippen molar-refractivity contribution in [2.45, 2.75) is 26.8 Å². The lowest BCUT2D eigenvalue weighted by atomic mass is 9.96. The van der Waals surface area contributed by atoms with Crippen molar-refractivity contribution in [2.24, 2.45) is 0 Å². The summed E-state index contributed by atoms with van der Waals surface area (Å²) >= 11 is 6.16. The first-order chi connectivity index (χ1) is 10.2. The quantitative estimate of drug-likeness (QED) is 0.871. The SMILES string of the molecule is CCNC(c1cncc(OCC)c1)c1cc(Cl)ccc1C. The van der Waals surface area contributed by atoms with Gasteiger partial charge in [0.15, 0.2) is 0 Å². The number of hydrogen-bond donors (Lipinski definition) is 1. The summed E-state index contributed by atoms with van der Waals surface area (Å²) in [5.41, 5.74) is 3.44. The minimum Gasteiger partial charge on any atom is -0.492 e. The second kappa shape index (κ2) is 7.43. The predicted molar refractivity (Wildman–Crippen MR) is 87.1 cm³/mol. The highest BCUT2D eigenvalue weighted by Gasteiger charge is 2.16. The molecule has 2 rings (SSSR count). The zero-order valence-corrected chi connectivity index (χ0v) is 13.4. The molecular weight excluding hydrogens is 284 g/mol. The van der Waals surface area contributed by atoms with Crippen molar-refractivity contribution >= 4 is 11.6 Å². The lowest BCUT2D eigenvalue weighted by molar-refractivity contribution is 0.338. The average Bonchev–Trinajstić information content (AvgIpc) is 2.48. The van der Waals surface area contributed by atoms with Crippen molar-refractivity contribution in [1.82, 2.24) is 10.3 Å². The molecule has 0 amide bonds. The second-order valence-electron chi connectivity index (χ2n) is 4.88. The van der Waals surface area contributed by atoms with Crippen molar-refractivity contribution < 1.29 is 4.74 Å². The number of aromatic nitrogens is 1. The topological polar surface area (TPSA) is 34.2 Å². The number of hydrogen-bond acceptors (Lipinski definition) is 3. The van der Waals surface area contributed by atoms with Crippen LogP contribution in [-0.4, -0.2) is 18.1 Å². The Hall–Kier alpha value is -1.58. The molecule has 112 valence electrons. The van der Waals surface area contributed by atoms with Gasteiger partial charge in [0.25, 0.3) is 0 Å². The lowest BCUT2D eigenvalue weighted by Crippen LogP contribution is -2.23. The van der Waals surface area contributed by atoms with E-state index < -0.39 is 0 Å². The first kappa shape index (κ1) is 15.8. The van der Waals surface area contributed by atoms with Crippen LogP contribution in [0.3, 0.4) is 0 Å². The van der Waals surface area contributed by atoms with Crippen molar-refractivity contribution in [3.63, 3.8) is 0 Å². The van der Waals surface area contributed by atoms with Gasteiger partial charge in [-0.05, 0) is 55.3 Å². The van der Waals surface area contributed by atoms with Gasteiger partial charge < -0.3 is 10.1 Å². The fraction of sp³-hybridized carbons (Fsp3) is 0.353. The summed E-state index contributed by atoms with van der Waals surface area (Å²) in [7, 11) is 0. The number of halogens is 1. The minimum atomic E-state index is 0.0570. The lowest BCUT2D eigenvalue weighted by Gasteiger charge is -2.21. The molecule has 1 aromatic carbocycles. The van der Waals surface area contributed by atoms with Crippen LogP contribution in [0.1, 0.15) is 36.6 Å². The maximum absolute atomic E-state index is 6.16. The molecule has 0 bridgehead atoms. The summed E-state index contributed by atoms with van der Waals surface area (Å²) in [6.45, 7) is 7.64. The van der Waals surface area contributed by atoms with E-state index in [2.05, 4.69) is 24.1 Å². The molecule has 0 aliphatic rings. The van der Waals surface area contributed by atoms with Crippen LogP contribution in [0, 0.1) is 6.92 Å². The van der Waals surface area contributed by atoms with E-state index in [1.807, 2.05) is 37.4 Å². The first-order valence-corrected chi connectivity index (χ1v) is 7.60. The van der Waals surface area contributed by atoms with Gasteiger partial charge in [0, 0.05) is 11.2 Å². The van der Waals surface area contributed by atoms with E-state index in [1.54, 1.807) is 6.20 Å².